The van der Waals surface area contributed by atoms with Gasteiger partial charge in [0.15, 0.2) is 0 Å². The molecule has 1 aromatic rings. The lowest BCUT2D eigenvalue weighted by Gasteiger charge is -2.59. The van der Waals surface area contributed by atoms with Gasteiger partial charge in [-0.1, -0.05) is 44.2 Å². The molecule has 162 valence electrons. The maximum atomic E-state index is 12.5. The quantitative estimate of drug-likeness (QED) is 0.383. The summed E-state index contributed by atoms with van der Waals surface area (Å²) in [5, 5.41) is 10.1. The minimum absolute atomic E-state index is 0.0396. The molecular formula is C26H34O4. The molecule has 5 rings (SSSR count). The number of para-hydroxylation sites is 1. The van der Waals surface area contributed by atoms with Crippen molar-refractivity contribution in [2.75, 3.05) is 0 Å². The molecule has 0 bridgehead atoms. The number of ether oxygens (including phenoxy) is 2. The fourth-order valence-corrected chi connectivity index (χ4v) is 7.66. The summed E-state index contributed by atoms with van der Waals surface area (Å²) >= 11 is 0. The van der Waals surface area contributed by atoms with Crippen LogP contribution in [0.2, 0.25) is 0 Å². The third-order valence-electron chi connectivity index (χ3n) is 9.26. The van der Waals surface area contributed by atoms with Gasteiger partial charge in [0.05, 0.1) is 6.10 Å². The van der Waals surface area contributed by atoms with E-state index < -0.39 is 6.16 Å². The summed E-state index contributed by atoms with van der Waals surface area (Å²) in [4.78, 5) is 12.5. The maximum absolute atomic E-state index is 12.5. The molecule has 0 unspecified atom stereocenters. The summed E-state index contributed by atoms with van der Waals surface area (Å²) in [7, 11) is 0. The Morgan fingerprint density at radius 1 is 1.03 bits per heavy atom. The zero-order valence-corrected chi connectivity index (χ0v) is 18.1. The van der Waals surface area contributed by atoms with Crippen LogP contribution >= 0.6 is 0 Å². The Hall–Kier alpha value is -1.81. The van der Waals surface area contributed by atoms with Crippen molar-refractivity contribution in [2.24, 2.45) is 34.5 Å². The third kappa shape index (κ3) is 3.19. The van der Waals surface area contributed by atoms with Gasteiger partial charge in [0, 0.05) is 5.41 Å². The SMILES string of the molecule is C[C@]12C=C[C@@H](O)C[C@@H]1CC[C@@H]1[C@@H]2CC[C@]2(C)[C@@H](OC(=O)Oc3ccccc3)CC[C@@H]12. The minimum Gasteiger partial charge on any atom is -0.430 e. The number of hydrogen-bond donors (Lipinski definition) is 1. The van der Waals surface area contributed by atoms with E-state index in [1.807, 2.05) is 24.3 Å². The smallest absolute Gasteiger partial charge is 0.430 e. The fraction of sp³-hybridized carbons (Fsp3) is 0.654. The van der Waals surface area contributed by atoms with Crippen LogP contribution in [0.3, 0.4) is 0 Å². The number of carbonyl (C=O) groups is 1. The molecule has 8 atom stereocenters. The van der Waals surface area contributed by atoms with Gasteiger partial charge in [0.25, 0.3) is 0 Å². The Morgan fingerprint density at radius 2 is 1.83 bits per heavy atom. The molecule has 0 amide bonds. The van der Waals surface area contributed by atoms with Crippen molar-refractivity contribution in [3.05, 3.63) is 42.5 Å². The molecule has 3 saturated carbocycles. The highest BCUT2D eigenvalue weighted by molar-refractivity contribution is 5.64. The van der Waals surface area contributed by atoms with Crippen LogP contribution < -0.4 is 4.74 Å². The molecule has 4 aliphatic carbocycles. The number of benzene rings is 1. The highest BCUT2D eigenvalue weighted by atomic mass is 16.7. The standard InChI is InChI=1S/C26H34O4/c1-25-14-12-18(27)16-17(25)8-9-20-21-10-11-23(26(21,2)15-13-22(20)25)30-24(28)29-19-6-4-3-5-7-19/h3-7,12,14,17-18,20-23,27H,8-11,13,15-16H2,1-2H3/t17-,18+,20-,21-,22-,23-,25-,26-/m0/s1. The summed E-state index contributed by atoms with van der Waals surface area (Å²) < 4.78 is 11.3. The van der Waals surface area contributed by atoms with E-state index >= 15 is 0 Å². The molecule has 4 aliphatic rings. The number of carbonyl (C=O) groups excluding carboxylic acids is 1. The molecular weight excluding hydrogens is 376 g/mol. The van der Waals surface area contributed by atoms with Crippen molar-refractivity contribution < 1.29 is 19.4 Å². The van der Waals surface area contributed by atoms with Crippen LogP contribution in [0.5, 0.6) is 5.75 Å². The normalized spacial score (nSPS) is 44.5. The predicted octanol–water partition coefficient (Wildman–Crippen LogP) is 5.75. The van der Waals surface area contributed by atoms with Crippen molar-refractivity contribution in [1.82, 2.24) is 0 Å². The number of rotatable bonds is 2. The zero-order chi connectivity index (χ0) is 20.9. The van der Waals surface area contributed by atoms with Gasteiger partial charge < -0.3 is 14.6 Å². The van der Waals surface area contributed by atoms with Crippen molar-refractivity contribution in [2.45, 2.75) is 71.0 Å². The van der Waals surface area contributed by atoms with Crippen molar-refractivity contribution in [3.63, 3.8) is 0 Å². The van der Waals surface area contributed by atoms with Gasteiger partial charge in [-0.25, -0.2) is 4.79 Å². The third-order valence-corrected chi connectivity index (χ3v) is 9.26. The number of aliphatic hydroxyl groups is 1. The Labute approximate surface area is 179 Å². The lowest BCUT2D eigenvalue weighted by atomic mass is 9.46. The molecule has 0 aromatic heterocycles. The van der Waals surface area contributed by atoms with Crippen LogP contribution in [-0.2, 0) is 4.74 Å². The lowest BCUT2D eigenvalue weighted by Crippen LogP contribution is -2.53. The molecule has 1 N–H and O–H groups in total. The largest absolute Gasteiger partial charge is 0.514 e. The van der Waals surface area contributed by atoms with Gasteiger partial charge in [-0.05, 0) is 86.2 Å². The molecule has 0 radical (unpaired) electrons. The number of allylic oxidation sites excluding steroid dienone is 1. The number of hydrogen-bond acceptors (Lipinski definition) is 4. The molecule has 0 saturated heterocycles. The second-order valence-corrected chi connectivity index (χ2v) is 10.6. The zero-order valence-electron chi connectivity index (χ0n) is 18.1. The van der Waals surface area contributed by atoms with E-state index in [0.29, 0.717) is 29.4 Å². The predicted molar refractivity (Wildman–Crippen MR) is 115 cm³/mol. The highest BCUT2D eigenvalue weighted by Gasteiger charge is 2.60. The first kappa shape index (κ1) is 20.1. The van der Waals surface area contributed by atoms with Crippen LogP contribution in [0.15, 0.2) is 42.5 Å². The van der Waals surface area contributed by atoms with Crippen LogP contribution in [0.1, 0.15) is 58.8 Å². The van der Waals surface area contributed by atoms with E-state index in [2.05, 4.69) is 19.9 Å². The fourth-order valence-electron chi connectivity index (χ4n) is 7.66. The molecule has 4 nitrogen and oxygen atoms in total. The summed E-state index contributed by atoms with van der Waals surface area (Å²) in [5.74, 6) is 3.08. The topological polar surface area (TPSA) is 55.8 Å². The van der Waals surface area contributed by atoms with Crippen molar-refractivity contribution in [1.29, 1.82) is 0 Å². The van der Waals surface area contributed by atoms with E-state index in [4.69, 9.17) is 9.47 Å². The van der Waals surface area contributed by atoms with E-state index in [-0.39, 0.29) is 23.0 Å². The molecule has 3 fully saturated rings. The molecule has 0 heterocycles. The molecule has 4 heteroatoms. The van der Waals surface area contributed by atoms with Crippen molar-refractivity contribution >= 4 is 6.16 Å². The first-order chi connectivity index (χ1) is 14.4. The van der Waals surface area contributed by atoms with E-state index in [1.165, 1.54) is 19.3 Å². The van der Waals surface area contributed by atoms with Gasteiger partial charge in [0.2, 0.25) is 0 Å². The van der Waals surface area contributed by atoms with Crippen LogP contribution in [0.25, 0.3) is 0 Å². The highest BCUT2D eigenvalue weighted by Crippen LogP contribution is 2.65. The Kier molecular flexibility index (Phi) is 4.96. The minimum atomic E-state index is -0.574. The summed E-state index contributed by atoms with van der Waals surface area (Å²) in [6, 6.07) is 9.16. The molecule has 1 aromatic carbocycles. The Balaban J connectivity index is 1.31. The van der Waals surface area contributed by atoms with Crippen molar-refractivity contribution in [3.8, 4) is 5.75 Å². The molecule has 30 heavy (non-hydrogen) atoms. The van der Waals surface area contributed by atoms with E-state index in [1.54, 1.807) is 12.1 Å². The van der Waals surface area contributed by atoms with Crippen LogP contribution in [0.4, 0.5) is 4.79 Å². The van der Waals surface area contributed by atoms with Crippen LogP contribution in [-0.4, -0.2) is 23.5 Å². The average molecular weight is 411 g/mol. The lowest BCUT2D eigenvalue weighted by molar-refractivity contribution is -0.104. The Bertz CT molecular complexity index is 820. The number of aliphatic hydroxyl groups excluding tert-OH is 1. The van der Waals surface area contributed by atoms with Gasteiger partial charge in [-0.2, -0.15) is 0 Å². The second-order valence-electron chi connectivity index (χ2n) is 10.6. The van der Waals surface area contributed by atoms with E-state index in [9.17, 15) is 9.90 Å². The number of fused-ring (bicyclic) bond motifs is 5. The van der Waals surface area contributed by atoms with Gasteiger partial charge in [0.1, 0.15) is 11.9 Å². The van der Waals surface area contributed by atoms with Gasteiger partial charge >= 0.3 is 6.16 Å². The van der Waals surface area contributed by atoms with Gasteiger partial charge in [-0.3, -0.25) is 0 Å². The summed E-state index contributed by atoms with van der Waals surface area (Å²) in [6.07, 6.45) is 11.2. The van der Waals surface area contributed by atoms with Gasteiger partial charge in [-0.15, -0.1) is 0 Å². The Morgan fingerprint density at radius 3 is 2.63 bits per heavy atom. The maximum Gasteiger partial charge on any atom is 0.514 e. The molecule has 0 aliphatic heterocycles. The van der Waals surface area contributed by atoms with E-state index in [0.717, 1.165) is 25.7 Å². The first-order valence-corrected chi connectivity index (χ1v) is 11.7. The van der Waals surface area contributed by atoms with Crippen LogP contribution in [0, 0.1) is 34.5 Å². The molecule has 0 spiro atoms. The summed E-state index contributed by atoms with van der Waals surface area (Å²) in [6.45, 7) is 4.77. The average Bonchev–Trinajstić information content (AvgIpc) is 3.05. The second kappa shape index (κ2) is 7.40. The monoisotopic (exact) mass is 410 g/mol. The first-order valence-electron chi connectivity index (χ1n) is 11.7. The summed E-state index contributed by atoms with van der Waals surface area (Å²) in [5.41, 5.74) is 0.243.